The van der Waals surface area contributed by atoms with E-state index < -0.39 is 0 Å². The van der Waals surface area contributed by atoms with Crippen molar-refractivity contribution in [3.63, 3.8) is 0 Å². The van der Waals surface area contributed by atoms with Crippen LogP contribution in [0.3, 0.4) is 0 Å². The lowest BCUT2D eigenvalue weighted by molar-refractivity contribution is -0.121. The van der Waals surface area contributed by atoms with Crippen molar-refractivity contribution >= 4 is 17.4 Å². The highest BCUT2D eigenvalue weighted by molar-refractivity contribution is 6.27. The van der Waals surface area contributed by atoms with Gasteiger partial charge in [-0.05, 0) is 36.6 Å². The molecule has 0 N–H and O–H groups in total. The Morgan fingerprint density at radius 3 is 2.54 bits per heavy atom. The molecule has 26 heavy (non-hydrogen) atoms. The minimum absolute atomic E-state index is 0.0123. The molecule has 0 spiro atoms. The van der Waals surface area contributed by atoms with Gasteiger partial charge < -0.3 is 9.47 Å². The number of ketones is 1. The predicted molar refractivity (Wildman–Crippen MR) is 95.0 cm³/mol. The molecule has 0 radical (unpaired) electrons. The van der Waals surface area contributed by atoms with E-state index >= 15 is 0 Å². The molecule has 130 valence electrons. The molecule has 1 unspecified atom stereocenters. The Bertz CT molecular complexity index is 930. The summed E-state index contributed by atoms with van der Waals surface area (Å²) in [7, 11) is 0. The summed E-state index contributed by atoms with van der Waals surface area (Å²) >= 11 is 0. The molecule has 1 aliphatic carbocycles. The number of carbonyl (C=O) groups excluding carboxylic acids is 2. The fraction of sp³-hybridized carbons (Fsp3) is 0.238. The standard InChI is InChI=1S/C21H17NO4/c23-20(14-6-7-14)16-11-17(13-4-2-1-3-5-13)22(21(16)24)15-8-9-18-19(10-15)26-12-25-18/h1-5,8-11,14,17H,6-7,12H2. The van der Waals surface area contributed by atoms with Crippen molar-refractivity contribution in [1.82, 2.24) is 0 Å². The summed E-state index contributed by atoms with van der Waals surface area (Å²) in [5, 5.41) is 0. The van der Waals surface area contributed by atoms with Crippen LogP contribution in [0.1, 0.15) is 24.4 Å². The van der Waals surface area contributed by atoms with Crippen LogP contribution >= 0.6 is 0 Å². The Labute approximate surface area is 150 Å². The molecule has 2 aromatic rings. The third-order valence-electron chi connectivity index (χ3n) is 5.04. The number of amides is 1. The first kappa shape index (κ1) is 15.2. The van der Waals surface area contributed by atoms with Gasteiger partial charge in [-0.2, -0.15) is 0 Å². The van der Waals surface area contributed by atoms with Crippen molar-refractivity contribution in [2.24, 2.45) is 5.92 Å². The molecule has 0 bridgehead atoms. The monoisotopic (exact) mass is 347 g/mol. The van der Waals surface area contributed by atoms with Gasteiger partial charge in [-0.1, -0.05) is 30.3 Å². The zero-order chi connectivity index (χ0) is 17.7. The summed E-state index contributed by atoms with van der Waals surface area (Å²) in [5.41, 5.74) is 1.97. The Morgan fingerprint density at radius 1 is 1.00 bits per heavy atom. The van der Waals surface area contributed by atoms with Gasteiger partial charge in [-0.25, -0.2) is 0 Å². The maximum Gasteiger partial charge on any atom is 0.262 e. The molecule has 2 heterocycles. The second-order valence-electron chi connectivity index (χ2n) is 6.79. The van der Waals surface area contributed by atoms with Crippen molar-refractivity contribution < 1.29 is 19.1 Å². The Hall–Kier alpha value is -3.08. The van der Waals surface area contributed by atoms with E-state index in [4.69, 9.17) is 9.47 Å². The zero-order valence-corrected chi connectivity index (χ0v) is 14.1. The van der Waals surface area contributed by atoms with E-state index in [1.54, 1.807) is 17.0 Å². The van der Waals surface area contributed by atoms with Crippen LogP contribution in [0, 0.1) is 5.92 Å². The van der Waals surface area contributed by atoms with E-state index in [0.717, 1.165) is 18.4 Å². The van der Waals surface area contributed by atoms with Gasteiger partial charge >= 0.3 is 0 Å². The van der Waals surface area contributed by atoms with Crippen molar-refractivity contribution in [1.29, 1.82) is 0 Å². The number of Topliss-reactive ketones (excluding diaryl/α,β-unsaturated/α-hetero) is 1. The maximum atomic E-state index is 13.1. The van der Waals surface area contributed by atoms with Gasteiger partial charge in [0.15, 0.2) is 17.3 Å². The molecule has 2 aliphatic heterocycles. The topological polar surface area (TPSA) is 55.8 Å². The fourth-order valence-corrected chi connectivity index (χ4v) is 3.52. The van der Waals surface area contributed by atoms with Gasteiger partial charge in [0, 0.05) is 17.7 Å². The number of hydrogen-bond donors (Lipinski definition) is 0. The van der Waals surface area contributed by atoms with Crippen LogP contribution in [0.25, 0.3) is 0 Å². The van der Waals surface area contributed by atoms with Crippen LogP contribution < -0.4 is 14.4 Å². The number of benzene rings is 2. The maximum absolute atomic E-state index is 13.1. The smallest absolute Gasteiger partial charge is 0.262 e. The first-order chi connectivity index (χ1) is 12.7. The highest BCUT2D eigenvalue weighted by Gasteiger charge is 2.42. The minimum atomic E-state index is -0.304. The first-order valence-electron chi connectivity index (χ1n) is 8.76. The van der Waals surface area contributed by atoms with Gasteiger partial charge in [-0.15, -0.1) is 0 Å². The predicted octanol–water partition coefficient (Wildman–Crippen LogP) is 3.41. The lowest BCUT2D eigenvalue weighted by atomic mass is 10.0. The summed E-state index contributed by atoms with van der Waals surface area (Å²) < 4.78 is 10.8. The first-order valence-corrected chi connectivity index (χ1v) is 8.76. The van der Waals surface area contributed by atoms with E-state index in [1.165, 1.54) is 0 Å². The van der Waals surface area contributed by atoms with Crippen LogP contribution in [0.15, 0.2) is 60.2 Å². The van der Waals surface area contributed by atoms with E-state index in [0.29, 0.717) is 22.8 Å². The normalized spacial score (nSPS) is 21.1. The average Bonchev–Trinajstić information content (AvgIpc) is 3.32. The molecule has 5 rings (SSSR count). The van der Waals surface area contributed by atoms with Crippen molar-refractivity contribution in [3.8, 4) is 11.5 Å². The van der Waals surface area contributed by atoms with Gasteiger partial charge in [0.25, 0.3) is 5.91 Å². The highest BCUT2D eigenvalue weighted by Crippen LogP contribution is 2.43. The highest BCUT2D eigenvalue weighted by atomic mass is 16.7. The molecule has 2 aromatic carbocycles. The Balaban J connectivity index is 1.58. The van der Waals surface area contributed by atoms with Crippen LogP contribution in [-0.2, 0) is 9.59 Å². The summed E-state index contributed by atoms with van der Waals surface area (Å²) in [6.45, 7) is 0.179. The number of hydrogen-bond acceptors (Lipinski definition) is 4. The molecule has 5 nitrogen and oxygen atoms in total. The summed E-state index contributed by atoms with van der Waals surface area (Å²) in [4.78, 5) is 27.4. The molecule has 1 saturated carbocycles. The minimum Gasteiger partial charge on any atom is -0.454 e. The van der Waals surface area contributed by atoms with Crippen LogP contribution in [0.4, 0.5) is 5.69 Å². The summed E-state index contributed by atoms with van der Waals surface area (Å²) in [5.74, 6) is 1.02. The second-order valence-corrected chi connectivity index (χ2v) is 6.79. The molecule has 0 saturated heterocycles. The molecule has 1 fully saturated rings. The molecular weight excluding hydrogens is 330 g/mol. The lowest BCUT2D eigenvalue weighted by Crippen LogP contribution is -2.31. The van der Waals surface area contributed by atoms with E-state index in [-0.39, 0.29) is 30.4 Å². The number of nitrogens with zero attached hydrogens (tertiary/aromatic N) is 1. The van der Waals surface area contributed by atoms with E-state index in [9.17, 15) is 9.59 Å². The van der Waals surface area contributed by atoms with Gasteiger partial charge in [0.2, 0.25) is 6.79 Å². The van der Waals surface area contributed by atoms with Crippen molar-refractivity contribution in [2.45, 2.75) is 18.9 Å². The summed E-state index contributed by atoms with van der Waals surface area (Å²) in [6, 6.07) is 14.9. The van der Waals surface area contributed by atoms with Crippen LogP contribution in [-0.4, -0.2) is 18.5 Å². The molecule has 0 aromatic heterocycles. The molecule has 1 amide bonds. The van der Waals surface area contributed by atoms with Gasteiger partial charge in [0.1, 0.15) is 0 Å². The molecular formula is C21H17NO4. The van der Waals surface area contributed by atoms with Gasteiger partial charge in [0.05, 0.1) is 11.6 Å². The molecule has 3 aliphatic rings. The zero-order valence-electron chi connectivity index (χ0n) is 14.1. The third kappa shape index (κ3) is 2.39. The van der Waals surface area contributed by atoms with Crippen LogP contribution in [0.5, 0.6) is 11.5 Å². The van der Waals surface area contributed by atoms with Crippen molar-refractivity contribution in [3.05, 3.63) is 65.7 Å². The number of ether oxygens (including phenoxy) is 2. The SMILES string of the molecule is O=C(C1=CC(c2ccccc2)N(c2ccc3c(c2)OCO3)C1=O)C1CC1. The van der Waals surface area contributed by atoms with Crippen molar-refractivity contribution in [2.75, 3.05) is 11.7 Å². The van der Waals surface area contributed by atoms with Crippen LogP contribution in [0.2, 0.25) is 0 Å². The number of anilines is 1. The number of rotatable bonds is 4. The fourth-order valence-electron chi connectivity index (χ4n) is 3.52. The largest absolute Gasteiger partial charge is 0.454 e. The van der Waals surface area contributed by atoms with E-state index in [2.05, 4.69) is 0 Å². The second kappa shape index (κ2) is 5.73. The molecule has 5 heteroatoms. The third-order valence-corrected chi connectivity index (χ3v) is 5.04. The average molecular weight is 347 g/mol. The lowest BCUT2D eigenvalue weighted by Gasteiger charge is -2.25. The number of fused-ring (bicyclic) bond motifs is 1. The summed E-state index contributed by atoms with van der Waals surface area (Å²) in [6.07, 6.45) is 3.57. The Kier molecular flexibility index (Phi) is 3.35. The number of carbonyl (C=O) groups is 2. The quantitative estimate of drug-likeness (QED) is 0.796. The van der Waals surface area contributed by atoms with Gasteiger partial charge in [-0.3, -0.25) is 14.5 Å². The van der Waals surface area contributed by atoms with E-state index in [1.807, 2.05) is 42.5 Å². The Morgan fingerprint density at radius 2 is 1.77 bits per heavy atom. The molecule has 1 atom stereocenters.